The van der Waals surface area contributed by atoms with Gasteiger partial charge in [0.25, 0.3) is 11.6 Å². The number of benzene rings is 3. The lowest BCUT2D eigenvalue weighted by molar-refractivity contribution is -0.384. The topological polar surface area (TPSA) is 107 Å². The Morgan fingerprint density at radius 2 is 1.78 bits per heavy atom. The molecule has 2 heterocycles. The van der Waals surface area contributed by atoms with Gasteiger partial charge in [-0.2, -0.15) is 0 Å². The van der Waals surface area contributed by atoms with Crippen molar-refractivity contribution in [3.8, 4) is 0 Å². The molecule has 37 heavy (non-hydrogen) atoms. The van der Waals surface area contributed by atoms with E-state index in [9.17, 15) is 14.9 Å². The maximum atomic E-state index is 13.4. The average molecular weight is 499 g/mol. The molecule has 1 aromatic heterocycles. The Bertz CT molecular complexity index is 1360. The summed E-state index contributed by atoms with van der Waals surface area (Å²) in [6, 6.07) is 21.9. The Hall–Kier alpha value is -4.24. The Kier molecular flexibility index (Phi) is 7.14. The van der Waals surface area contributed by atoms with E-state index in [1.54, 1.807) is 12.1 Å². The first-order valence-corrected chi connectivity index (χ1v) is 12.6. The second kappa shape index (κ2) is 10.8. The number of hydrogen-bond donors (Lipinski definition) is 2. The van der Waals surface area contributed by atoms with E-state index < -0.39 is 11.0 Å². The van der Waals surface area contributed by atoms with Crippen molar-refractivity contribution < 1.29 is 9.72 Å². The first kappa shape index (κ1) is 24.5. The number of hydrogen-bond acceptors (Lipinski definition) is 6. The van der Waals surface area contributed by atoms with E-state index >= 15 is 0 Å². The molecule has 1 saturated heterocycles. The Labute approximate surface area is 215 Å². The number of likely N-dealkylation sites (N-methyl/N-ethyl adjacent to an activating group) is 1. The van der Waals surface area contributed by atoms with Crippen LogP contribution in [0.4, 0.5) is 11.4 Å². The lowest BCUT2D eigenvalue weighted by Gasteiger charge is -2.35. The minimum absolute atomic E-state index is 0.0547. The van der Waals surface area contributed by atoms with Crippen molar-refractivity contribution in [3.63, 3.8) is 0 Å². The van der Waals surface area contributed by atoms with Crippen molar-refractivity contribution in [2.24, 2.45) is 0 Å². The van der Waals surface area contributed by atoms with Gasteiger partial charge in [-0.15, -0.1) is 0 Å². The molecule has 1 amide bonds. The van der Waals surface area contributed by atoms with Crippen molar-refractivity contribution in [3.05, 3.63) is 99.9 Å². The van der Waals surface area contributed by atoms with Gasteiger partial charge in [-0.25, -0.2) is 4.98 Å². The fraction of sp³-hybridized carbons (Fsp3) is 0.286. The predicted molar refractivity (Wildman–Crippen MR) is 144 cm³/mol. The molecule has 4 aromatic rings. The largest absolute Gasteiger partial charge is 0.363 e. The summed E-state index contributed by atoms with van der Waals surface area (Å²) >= 11 is 0. The van der Waals surface area contributed by atoms with Crippen LogP contribution in [0.1, 0.15) is 34.7 Å². The van der Waals surface area contributed by atoms with E-state index in [4.69, 9.17) is 4.98 Å². The van der Waals surface area contributed by atoms with E-state index in [-0.39, 0.29) is 17.2 Å². The number of aromatic nitrogens is 2. The number of carbonyl (C=O) groups excluding carboxylic acids is 1. The molecule has 190 valence electrons. The number of carbonyl (C=O) groups is 1. The molecule has 0 saturated carbocycles. The molecule has 0 aliphatic carbocycles. The second-order valence-corrected chi connectivity index (χ2v) is 9.24. The lowest BCUT2D eigenvalue weighted by atomic mass is 10.0. The number of rotatable bonds is 8. The molecule has 0 bridgehead atoms. The van der Waals surface area contributed by atoms with Gasteiger partial charge in [0.05, 0.1) is 22.0 Å². The van der Waals surface area contributed by atoms with Gasteiger partial charge in [0, 0.05) is 37.8 Å². The van der Waals surface area contributed by atoms with E-state index in [2.05, 4.69) is 22.1 Å². The summed E-state index contributed by atoms with van der Waals surface area (Å²) in [6.45, 7) is 6.21. The number of aromatic amines is 1. The summed E-state index contributed by atoms with van der Waals surface area (Å²) < 4.78 is 0. The third-order valence-corrected chi connectivity index (χ3v) is 6.92. The summed E-state index contributed by atoms with van der Waals surface area (Å²) in [7, 11) is 0. The number of H-pyrrole nitrogens is 1. The molecule has 1 aliphatic rings. The summed E-state index contributed by atoms with van der Waals surface area (Å²) in [5, 5.41) is 15.0. The molecule has 0 spiro atoms. The number of para-hydroxylation sites is 2. The molecule has 9 nitrogen and oxygen atoms in total. The van der Waals surface area contributed by atoms with E-state index in [1.807, 2.05) is 59.5 Å². The van der Waals surface area contributed by atoms with Crippen LogP contribution in [-0.4, -0.2) is 58.4 Å². The van der Waals surface area contributed by atoms with Crippen LogP contribution < -0.4 is 10.2 Å². The molecule has 1 fully saturated rings. The first-order valence-electron chi connectivity index (χ1n) is 12.6. The van der Waals surface area contributed by atoms with Crippen LogP contribution in [0, 0.1) is 10.1 Å². The SMILES string of the molecule is CCN1CCN(c2ccc(C(=O)N[C@H](Cc3ccccc3)c3nc4ccccc4[nH]3)cc2[N+](=O)[O-])CC1. The molecular weight excluding hydrogens is 468 g/mol. The predicted octanol–water partition coefficient (Wildman–Crippen LogP) is 4.33. The van der Waals surface area contributed by atoms with Crippen molar-refractivity contribution in [2.75, 3.05) is 37.6 Å². The molecule has 0 radical (unpaired) electrons. The number of anilines is 1. The minimum atomic E-state index is -0.442. The maximum absolute atomic E-state index is 13.4. The number of piperazine rings is 1. The zero-order chi connectivity index (χ0) is 25.8. The lowest BCUT2D eigenvalue weighted by Crippen LogP contribution is -2.46. The highest BCUT2D eigenvalue weighted by atomic mass is 16.6. The summed E-state index contributed by atoms with van der Waals surface area (Å²) in [4.78, 5) is 37.3. The Morgan fingerprint density at radius 1 is 1.05 bits per heavy atom. The van der Waals surface area contributed by atoms with Gasteiger partial charge < -0.3 is 20.1 Å². The number of fused-ring (bicyclic) bond motifs is 1. The molecular formula is C28H30N6O3. The molecule has 9 heteroatoms. The number of nitrogens with zero attached hydrogens (tertiary/aromatic N) is 4. The van der Waals surface area contributed by atoms with Crippen LogP contribution in [0.5, 0.6) is 0 Å². The van der Waals surface area contributed by atoms with Crippen LogP contribution in [0.15, 0.2) is 72.8 Å². The highest BCUT2D eigenvalue weighted by Gasteiger charge is 2.26. The number of nitro groups is 1. The van der Waals surface area contributed by atoms with Crippen LogP contribution in [-0.2, 0) is 6.42 Å². The third-order valence-electron chi connectivity index (χ3n) is 6.92. The third kappa shape index (κ3) is 5.46. The van der Waals surface area contributed by atoms with Gasteiger partial charge in [0.1, 0.15) is 11.5 Å². The molecule has 0 unspecified atom stereocenters. The van der Waals surface area contributed by atoms with Crippen molar-refractivity contribution in [2.45, 2.75) is 19.4 Å². The molecule has 3 aromatic carbocycles. The smallest absolute Gasteiger partial charge is 0.293 e. The monoisotopic (exact) mass is 498 g/mol. The zero-order valence-corrected chi connectivity index (χ0v) is 20.8. The standard InChI is InChI=1S/C28H30N6O3/c1-2-32-14-16-33(17-15-32)25-13-12-21(19-26(25)34(36)37)28(35)31-24(18-20-8-4-3-5-9-20)27-29-22-10-6-7-11-23(22)30-27/h3-13,19,24H,2,14-18H2,1H3,(H,29,30)(H,31,35)/t24-/m1/s1. The molecule has 1 atom stereocenters. The summed E-state index contributed by atoms with van der Waals surface area (Å²) in [5.41, 5.74) is 3.48. The number of imidazole rings is 1. The average Bonchev–Trinajstić information content (AvgIpc) is 3.37. The van der Waals surface area contributed by atoms with Crippen LogP contribution in [0.2, 0.25) is 0 Å². The maximum Gasteiger partial charge on any atom is 0.293 e. The van der Waals surface area contributed by atoms with Crippen molar-refractivity contribution in [1.82, 2.24) is 20.2 Å². The van der Waals surface area contributed by atoms with E-state index in [0.717, 1.165) is 36.2 Å². The van der Waals surface area contributed by atoms with E-state index in [1.165, 1.54) is 6.07 Å². The molecule has 5 rings (SSSR count). The number of amides is 1. The second-order valence-electron chi connectivity index (χ2n) is 9.24. The first-order chi connectivity index (χ1) is 18.0. The highest BCUT2D eigenvalue weighted by Crippen LogP contribution is 2.30. The Balaban J connectivity index is 1.41. The summed E-state index contributed by atoms with van der Waals surface area (Å²) in [6.07, 6.45) is 0.522. The summed E-state index contributed by atoms with van der Waals surface area (Å²) in [5.74, 6) is 0.255. The van der Waals surface area contributed by atoms with Gasteiger partial charge in [-0.1, -0.05) is 49.4 Å². The molecule has 2 N–H and O–H groups in total. The number of nitrogens with one attached hydrogen (secondary N) is 2. The Morgan fingerprint density at radius 3 is 2.49 bits per heavy atom. The van der Waals surface area contributed by atoms with Gasteiger partial charge in [-0.05, 0) is 42.8 Å². The minimum Gasteiger partial charge on any atom is -0.363 e. The molecule has 1 aliphatic heterocycles. The fourth-order valence-corrected chi connectivity index (χ4v) is 4.83. The van der Waals surface area contributed by atoms with Gasteiger partial charge >= 0.3 is 0 Å². The van der Waals surface area contributed by atoms with Crippen LogP contribution in [0.25, 0.3) is 11.0 Å². The van der Waals surface area contributed by atoms with Gasteiger partial charge in [0.15, 0.2) is 0 Å². The van der Waals surface area contributed by atoms with Gasteiger partial charge in [-0.3, -0.25) is 14.9 Å². The van der Waals surface area contributed by atoms with Crippen molar-refractivity contribution >= 4 is 28.3 Å². The van der Waals surface area contributed by atoms with E-state index in [0.29, 0.717) is 31.0 Å². The van der Waals surface area contributed by atoms with Crippen LogP contribution >= 0.6 is 0 Å². The van der Waals surface area contributed by atoms with Crippen LogP contribution in [0.3, 0.4) is 0 Å². The van der Waals surface area contributed by atoms with Gasteiger partial charge in [0.2, 0.25) is 0 Å². The van der Waals surface area contributed by atoms with Crippen molar-refractivity contribution in [1.29, 1.82) is 0 Å². The number of nitro benzene ring substituents is 1. The zero-order valence-electron chi connectivity index (χ0n) is 20.8. The fourth-order valence-electron chi connectivity index (χ4n) is 4.83. The quantitative estimate of drug-likeness (QED) is 0.277. The highest BCUT2D eigenvalue weighted by molar-refractivity contribution is 5.96. The normalized spacial score (nSPS) is 15.0.